The Morgan fingerprint density at radius 1 is 0.885 bits per heavy atom. The van der Waals surface area contributed by atoms with Crippen LogP contribution in [-0.2, 0) is 6.54 Å². The molecule has 0 aromatic heterocycles. The van der Waals surface area contributed by atoms with E-state index in [1.807, 2.05) is 65.6 Å². The van der Waals surface area contributed by atoms with Gasteiger partial charge in [0.25, 0.3) is 5.91 Å². The molecule has 0 spiro atoms. The van der Waals surface area contributed by atoms with E-state index in [2.05, 4.69) is 5.32 Å². The number of hydrogen-bond donors (Lipinski definition) is 1. The maximum atomic E-state index is 13.2. The van der Waals surface area contributed by atoms with Gasteiger partial charge in [-0.15, -0.1) is 0 Å². The molecule has 1 unspecified atom stereocenters. The van der Waals surface area contributed by atoms with E-state index in [1.165, 1.54) is 0 Å². The molecule has 0 bridgehead atoms. The van der Waals surface area contributed by atoms with Gasteiger partial charge < -0.3 is 10.2 Å². The van der Waals surface area contributed by atoms with Crippen molar-refractivity contribution in [2.45, 2.75) is 12.7 Å². The first-order chi connectivity index (χ1) is 12.6. The summed E-state index contributed by atoms with van der Waals surface area (Å²) >= 11 is 12.3. The van der Waals surface area contributed by atoms with Crippen molar-refractivity contribution in [3.8, 4) is 0 Å². The molecule has 130 valence electrons. The Morgan fingerprint density at radius 3 is 2.38 bits per heavy atom. The quantitative estimate of drug-likeness (QED) is 0.624. The van der Waals surface area contributed by atoms with Gasteiger partial charge in [-0.3, -0.25) is 4.79 Å². The second-order valence-electron chi connectivity index (χ2n) is 6.18. The van der Waals surface area contributed by atoms with Crippen LogP contribution in [0.25, 0.3) is 0 Å². The number of carbonyl (C=O) groups excluding carboxylic acids is 1. The third-order valence-electron chi connectivity index (χ3n) is 4.48. The topological polar surface area (TPSA) is 32.3 Å². The van der Waals surface area contributed by atoms with Crippen LogP contribution in [0.4, 0.5) is 5.69 Å². The van der Waals surface area contributed by atoms with Crippen LogP contribution in [-0.4, -0.2) is 10.8 Å². The number of carbonyl (C=O) groups is 1. The van der Waals surface area contributed by atoms with E-state index < -0.39 is 0 Å². The van der Waals surface area contributed by atoms with Crippen LogP contribution in [0.1, 0.15) is 27.7 Å². The lowest BCUT2D eigenvalue weighted by molar-refractivity contribution is 0.0666. The third-order valence-corrected chi connectivity index (χ3v) is 5.22. The molecule has 0 fully saturated rings. The van der Waals surface area contributed by atoms with Gasteiger partial charge in [0.1, 0.15) is 6.17 Å². The summed E-state index contributed by atoms with van der Waals surface area (Å²) in [4.78, 5) is 15.0. The monoisotopic (exact) mass is 382 g/mol. The van der Waals surface area contributed by atoms with E-state index in [9.17, 15) is 4.79 Å². The minimum Gasteiger partial charge on any atom is -0.361 e. The molecular weight excluding hydrogens is 367 g/mol. The molecule has 3 nitrogen and oxygen atoms in total. The van der Waals surface area contributed by atoms with Gasteiger partial charge in [-0.05, 0) is 35.4 Å². The summed E-state index contributed by atoms with van der Waals surface area (Å²) in [5.74, 6) is -0.0146. The van der Waals surface area contributed by atoms with E-state index in [-0.39, 0.29) is 12.1 Å². The third kappa shape index (κ3) is 3.16. The van der Waals surface area contributed by atoms with E-state index in [0.29, 0.717) is 22.2 Å². The van der Waals surface area contributed by atoms with Crippen LogP contribution < -0.4 is 5.32 Å². The highest BCUT2D eigenvalue weighted by molar-refractivity contribution is 6.42. The highest BCUT2D eigenvalue weighted by Crippen LogP contribution is 2.36. The Bertz CT molecular complexity index is 959. The fourth-order valence-electron chi connectivity index (χ4n) is 3.18. The van der Waals surface area contributed by atoms with Crippen molar-refractivity contribution in [2.75, 3.05) is 5.32 Å². The second-order valence-corrected chi connectivity index (χ2v) is 7.00. The smallest absolute Gasteiger partial charge is 0.258 e. The Labute approximate surface area is 162 Å². The number of amides is 1. The summed E-state index contributed by atoms with van der Waals surface area (Å²) in [6, 6.07) is 22.9. The molecule has 1 heterocycles. The van der Waals surface area contributed by atoms with Crippen LogP contribution in [0.15, 0.2) is 72.8 Å². The van der Waals surface area contributed by atoms with Gasteiger partial charge >= 0.3 is 0 Å². The van der Waals surface area contributed by atoms with Crippen molar-refractivity contribution in [3.05, 3.63) is 99.5 Å². The van der Waals surface area contributed by atoms with Gasteiger partial charge in [-0.1, -0.05) is 71.7 Å². The summed E-state index contributed by atoms with van der Waals surface area (Å²) < 4.78 is 0. The fourth-order valence-corrected chi connectivity index (χ4v) is 3.49. The number of halogens is 2. The molecule has 5 heteroatoms. The predicted octanol–water partition coefficient (Wildman–Crippen LogP) is 5.76. The SMILES string of the molecule is O=C1c2ccccc2NC(c2ccc(Cl)c(Cl)c2)N1Cc1ccccc1. The zero-order valence-corrected chi connectivity index (χ0v) is 15.3. The normalized spacial score (nSPS) is 16.2. The number of benzene rings is 3. The molecule has 26 heavy (non-hydrogen) atoms. The predicted molar refractivity (Wildman–Crippen MR) is 106 cm³/mol. The highest BCUT2D eigenvalue weighted by atomic mass is 35.5. The van der Waals surface area contributed by atoms with Crippen molar-refractivity contribution >= 4 is 34.8 Å². The average Bonchev–Trinajstić information content (AvgIpc) is 2.67. The van der Waals surface area contributed by atoms with Crippen molar-refractivity contribution < 1.29 is 4.79 Å². The first-order valence-corrected chi connectivity index (χ1v) is 9.04. The van der Waals surface area contributed by atoms with Gasteiger partial charge in [0.05, 0.1) is 15.6 Å². The number of rotatable bonds is 3. The molecule has 1 amide bonds. The number of hydrogen-bond acceptors (Lipinski definition) is 2. The van der Waals surface area contributed by atoms with Crippen LogP contribution in [0, 0.1) is 0 Å². The Balaban J connectivity index is 1.77. The molecule has 3 aromatic carbocycles. The van der Waals surface area contributed by atoms with E-state index in [1.54, 1.807) is 12.1 Å². The molecule has 4 rings (SSSR count). The van der Waals surface area contributed by atoms with E-state index in [0.717, 1.165) is 16.8 Å². The zero-order valence-electron chi connectivity index (χ0n) is 13.8. The number of nitrogens with zero attached hydrogens (tertiary/aromatic N) is 1. The fraction of sp³-hybridized carbons (Fsp3) is 0.0952. The highest BCUT2D eigenvalue weighted by Gasteiger charge is 2.33. The summed E-state index contributed by atoms with van der Waals surface area (Å²) in [6.45, 7) is 0.492. The lowest BCUT2D eigenvalue weighted by atomic mass is 10.0. The number of fused-ring (bicyclic) bond motifs is 1. The first-order valence-electron chi connectivity index (χ1n) is 8.29. The van der Waals surface area contributed by atoms with Gasteiger partial charge in [-0.2, -0.15) is 0 Å². The average molecular weight is 383 g/mol. The molecule has 1 aliphatic rings. The molecule has 0 aliphatic carbocycles. The Kier molecular flexibility index (Phi) is 4.58. The van der Waals surface area contributed by atoms with Gasteiger partial charge in [0.2, 0.25) is 0 Å². The van der Waals surface area contributed by atoms with Crippen molar-refractivity contribution in [3.63, 3.8) is 0 Å². The van der Waals surface area contributed by atoms with Crippen LogP contribution >= 0.6 is 23.2 Å². The maximum Gasteiger partial charge on any atom is 0.258 e. The van der Waals surface area contributed by atoms with Crippen molar-refractivity contribution in [2.24, 2.45) is 0 Å². The lowest BCUT2D eigenvalue weighted by Gasteiger charge is -2.38. The lowest BCUT2D eigenvalue weighted by Crippen LogP contribution is -2.42. The molecule has 1 atom stereocenters. The van der Waals surface area contributed by atoms with E-state index in [4.69, 9.17) is 23.2 Å². The molecule has 0 radical (unpaired) electrons. The standard InChI is InChI=1S/C21H16Cl2N2O/c22-17-11-10-15(12-18(17)23)20-24-19-9-5-4-8-16(19)21(26)25(20)13-14-6-2-1-3-7-14/h1-12,20,24H,13H2. The number of nitrogens with one attached hydrogen (secondary N) is 1. The molecule has 0 saturated carbocycles. The molecule has 3 aromatic rings. The number of anilines is 1. The van der Waals surface area contributed by atoms with Crippen LogP contribution in [0.2, 0.25) is 10.0 Å². The van der Waals surface area contributed by atoms with Crippen molar-refractivity contribution in [1.82, 2.24) is 4.90 Å². The van der Waals surface area contributed by atoms with Gasteiger partial charge in [0.15, 0.2) is 0 Å². The van der Waals surface area contributed by atoms with Crippen molar-refractivity contribution in [1.29, 1.82) is 0 Å². The van der Waals surface area contributed by atoms with Gasteiger partial charge in [-0.25, -0.2) is 0 Å². The minimum atomic E-state index is -0.327. The first kappa shape index (κ1) is 17.0. The second kappa shape index (κ2) is 7.02. The Hall–Kier alpha value is -2.49. The molecule has 1 aliphatic heterocycles. The molecule has 0 saturated heterocycles. The maximum absolute atomic E-state index is 13.2. The summed E-state index contributed by atoms with van der Waals surface area (Å²) in [7, 11) is 0. The summed E-state index contributed by atoms with van der Waals surface area (Å²) in [6.07, 6.45) is -0.327. The van der Waals surface area contributed by atoms with Gasteiger partial charge in [0, 0.05) is 12.2 Å². The summed E-state index contributed by atoms with van der Waals surface area (Å²) in [5.41, 5.74) is 3.43. The molecule has 1 N–H and O–H groups in total. The largest absolute Gasteiger partial charge is 0.361 e. The molecular formula is C21H16Cl2N2O. The summed E-state index contributed by atoms with van der Waals surface area (Å²) in [5, 5.41) is 4.43. The zero-order chi connectivity index (χ0) is 18.1. The Morgan fingerprint density at radius 2 is 1.62 bits per heavy atom. The van der Waals surface area contributed by atoms with E-state index >= 15 is 0 Å². The minimum absolute atomic E-state index is 0.0146. The number of para-hydroxylation sites is 1. The van der Waals surface area contributed by atoms with Crippen LogP contribution in [0.3, 0.4) is 0 Å². The van der Waals surface area contributed by atoms with Crippen LogP contribution in [0.5, 0.6) is 0 Å².